The van der Waals surface area contributed by atoms with E-state index in [4.69, 9.17) is 14.2 Å². The summed E-state index contributed by atoms with van der Waals surface area (Å²) in [6.07, 6.45) is 65.7. The molecule has 6 heteroatoms. The maximum atomic E-state index is 12.8. The van der Waals surface area contributed by atoms with Crippen molar-refractivity contribution >= 4 is 17.9 Å². The number of rotatable bonds is 53. The van der Waals surface area contributed by atoms with Gasteiger partial charge in [-0.3, -0.25) is 14.4 Å². The van der Waals surface area contributed by atoms with Gasteiger partial charge < -0.3 is 14.2 Å². The second kappa shape index (κ2) is 55.2. The van der Waals surface area contributed by atoms with E-state index in [0.29, 0.717) is 19.3 Å². The molecule has 0 spiro atoms. The Morgan fingerprint density at radius 1 is 0.303 bits per heavy atom. The summed E-state index contributed by atoms with van der Waals surface area (Å²) in [7, 11) is 0. The van der Waals surface area contributed by atoms with Gasteiger partial charge >= 0.3 is 17.9 Å². The quantitative estimate of drug-likeness (QED) is 0.0262. The standard InChI is InChI=1S/C60H110O6/c1-4-7-10-13-16-19-21-23-25-27-29-30-31-33-34-36-38-41-44-47-50-53-59(62)65-56-57(55-64-58(61)52-49-46-43-40-18-15-12-9-6-3)66-60(63)54-51-48-45-42-39-37-35-32-28-26-24-22-20-17-14-11-8-5-2/h21,23,26-29,57H,4-20,22,24-25,30-56H2,1-3H3/b23-21-,28-26-,29-27-. The molecule has 6 nitrogen and oxygen atoms in total. The van der Waals surface area contributed by atoms with E-state index in [2.05, 4.69) is 57.2 Å². The van der Waals surface area contributed by atoms with Gasteiger partial charge in [-0.15, -0.1) is 0 Å². The van der Waals surface area contributed by atoms with Gasteiger partial charge in [-0.2, -0.15) is 0 Å². The number of carbonyl (C=O) groups excluding carboxylic acids is 3. The third-order valence-electron chi connectivity index (χ3n) is 12.9. The lowest BCUT2D eigenvalue weighted by molar-refractivity contribution is -0.167. The first-order valence-electron chi connectivity index (χ1n) is 29.0. The van der Waals surface area contributed by atoms with Gasteiger partial charge in [0, 0.05) is 19.3 Å². The first-order chi connectivity index (χ1) is 32.5. The van der Waals surface area contributed by atoms with Gasteiger partial charge in [0.05, 0.1) is 0 Å². The minimum atomic E-state index is -0.772. The second-order valence-electron chi connectivity index (χ2n) is 19.6. The van der Waals surface area contributed by atoms with Crippen molar-refractivity contribution in [3.8, 4) is 0 Å². The Hall–Kier alpha value is -2.37. The summed E-state index contributed by atoms with van der Waals surface area (Å²) in [5, 5.41) is 0. The van der Waals surface area contributed by atoms with Gasteiger partial charge in [0.2, 0.25) is 0 Å². The molecule has 386 valence electrons. The summed E-state index contributed by atoms with van der Waals surface area (Å²) in [6, 6.07) is 0. The Kier molecular flexibility index (Phi) is 53.2. The van der Waals surface area contributed by atoms with Crippen molar-refractivity contribution in [2.45, 2.75) is 316 Å². The zero-order valence-corrected chi connectivity index (χ0v) is 44.2. The predicted octanol–water partition coefficient (Wildman–Crippen LogP) is 19.3. The molecule has 0 fully saturated rings. The lowest BCUT2D eigenvalue weighted by atomic mass is 10.1. The van der Waals surface area contributed by atoms with Crippen LogP contribution in [0, 0.1) is 0 Å². The van der Waals surface area contributed by atoms with Crippen LogP contribution in [0.2, 0.25) is 0 Å². The predicted molar refractivity (Wildman–Crippen MR) is 284 cm³/mol. The molecule has 0 amide bonds. The molecule has 0 aliphatic carbocycles. The van der Waals surface area contributed by atoms with Gasteiger partial charge in [-0.1, -0.05) is 250 Å². The van der Waals surface area contributed by atoms with Crippen LogP contribution in [-0.4, -0.2) is 37.2 Å². The third-order valence-corrected chi connectivity index (χ3v) is 12.9. The zero-order chi connectivity index (χ0) is 47.9. The highest BCUT2D eigenvalue weighted by molar-refractivity contribution is 5.71. The molecule has 0 aliphatic rings. The summed E-state index contributed by atoms with van der Waals surface area (Å²) in [5.74, 6) is -0.868. The monoisotopic (exact) mass is 927 g/mol. The molecule has 0 aromatic carbocycles. The van der Waals surface area contributed by atoms with Gasteiger partial charge in [-0.25, -0.2) is 0 Å². The molecule has 0 aliphatic heterocycles. The van der Waals surface area contributed by atoms with Gasteiger partial charge in [-0.05, 0) is 77.0 Å². The van der Waals surface area contributed by atoms with Gasteiger partial charge in [0.25, 0.3) is 0 Å². The fraction of sp³-hybridized carbons (Fsp3) is 0.850. The van der Waals surface area contributed by atoms with Crippen LogP contribution < -0.4 is 0 Å². The largest absolute Gasteiger partial charge is 0.462 e. The van der Waals surface area contributed by atoms with Crippen LogP contribution >= 0.6 is 0 Å². The van der Waals surface area contributed by atoms with Crippen molar-refractivity contribution in [3.05, 3.63) is 36.5 Å². The van der Waals surface area contributed by atoms with Crippen molar-refractivity contribution in [1.29, 1.82) is 0 Å². The van der Waals surface area contributed by atoms with E-state index < -0.39 is 6.10 Å². The Morgan fingerprint density at radius 2 is 0.545 bits per heavy atom. The molecule has 0 radical (unpaired) electrons. The summed E-state index contributed by atoms with van der Waals surface area (Å²) < 4.78 is 16.8. The SMILES string of the molecule is CCCCCCC/C=C\C/C=C\CCCCCCCCCCCC(=O)OCC(COC(=O)CCCCCCCCCCC)OC(=O)CCCCCCCCC/C=C\CCCCCCCCC. The molecular weight excluding hydrogens is 817 g/mol. The molecule has 0 rings (SSSR count). The molecule has 0 saturated carbocycles. The molecule has 1 atom stereocenters. The highest BCUT2D eigenvalue weighted by atomic mass is 16.6. The van der Waals surface area contributed by atoms with Crippen molar-refractivity contribution in [3.63, 3.8) is 0 Å². The molecule has 66 heavy (non-hydrogen) atoms. The number of unbranched alkanes of at least 4 members (excludes halogenated alkanes) is 36. The summed E-state index contributed by atoms with van der Waals surface area (Å²) >= 11 is 0. The molecule has 0 N–H and O–H groups in total. The van der Waals surface area contributed by atoms with Crippen LogP contribution in [0.15, 0.2) is 36.5 Å². The van der Waals surface area contributed by atoms with Crippen LogP contribution in [0.25, 0.3) is 0 Å². The fourth-order valence-corrected chi connectivity index (χ4v) is 8.47. The van der Waals surface area contributed by atoms with E-state index in [0.717, 1.165) is 64.2 Å². The van der Waals surface area contributed by atoms with Crippen molar-refractivity contribution in [2.75, 3.05) is 13.2 Å². The number of hydrogen-bond donors (Lipinski definition) is 0. The van der Waals surface area contributed by atoms with E-state index in [9.17, 15) is 14.4 Å². The number of allylic oxidation sites excluding steroid dienone is 6. The molecular formula is C60H110O6. The molecule has 0 heterocycles. The first-order valence-corrected chi connectivity index (χ1v) is 29.0. The van der Waals surface area contributed by atoms with Crippen molar-refractivity contribution in [1.82, 2.24) is 0 Å². The second-order valence-corrected chi connectivity index (χ2v) is 19.6. The van der Waals surface area contributed by atoms with Crippen molar-refractivity contribution < 1.29 is 28.6 Å². The minimum Gasteiger partial charge on any atom is -0.462 e. The first kappa shape index (κ1) is 63.6. The number of ether oxygens (including phenoxy) is 3. The summed E-state index contributed by atoms with van der Waals surface area (Å²) in [4.78, 5) is 38.0. The van der Waals surface area contributed by atoms with Gasteiger partial charge in [0.1, 0.15) is 13.2 Å². The molecule has 0 aromatic rings. The number of carbonyl (C=O) groups is 3. The normalized spacial score (nSPS) is 12.2. The highest BCUT2D eigenvalue weighted by Crippen LogP contribution is 2.16. The zero-order valence-electron chi connectivity index (χ0n) is 44.2. The maximum Gasteiger partial charge on any atom is 0.306 e. The lowest BCUT2D eigenvalue weighted by Gasteiger charge is -2.18. The van der Waals surface area contributed by atoms with Crippen LogP contribution in [0.3, 0.4) is 0 Å². The van der Waals surface area contributed by atoms with Crippen LogP contribution in [0.1, 0.15) is 310 Å². The van der Waals surface area contributed by atoms with Crippen molar-refractivity contribution in [2.24, 2.45) is 0 Å². The molecule has 1 unspecified atom stereocenters. The summed E-state index contributed by atoms with van der Waals surface area (Å²) in [5.41, 5.74) is 0. The Bertz CT molecular complexity index is 1110. The third kappa shape index (κ3) is 52.6. The highest BCUT2D eigenvalue weighted by Gasteiger charge is 2.19. The van der Waals surface area contributed by atoms with Gasteiger partial charge in [0.15, 0.2) is 6.10 Å². The average molecular weight is 928 g/mol. The van der Waals surface area contributed by atoms with E-state index >= 15 is 0 Å². The Balaban J connectivity index is 4.25. The Morgan fingerprint density at radius 3 is 0.848 bits per heavy atom. The summed E-state index contributed by atoms with van der Waals surface area (Å²) in [6.45, 7) is 6.64. The van der Waals surface area contributed by atoms with E-state index in [1.54, 1.807) is 0 Å². The molecule has 0 aromatic heterocycles. The van der Waals surface area contributed by atoms with Crippen LogP contribution in [0.4, 0.5) is 0 Å². The smallest absolute Gasteiger partial charge is 0.306 e. The molecule has 0 bridgehead atoms. The van der Waals surface area contributed by atoms with E-state index in [1.807, 2.05) is 0 Å². The topological polar surface area (TPSA) is 78.9 Å². The minimum absolute atomic E-state index is 0.0722. The maximum absolute atomic E-state index is 12.8. The van der Waals surface area contributed by atoms with E-state index in [-0.39, 0.29) is 31.1 Å². The van der Waals surface area contributed by atoms with Crippen LogP contribution in [-0.2, 0) is 28.6 Å². The fourth-order valence-electron chi connectivity index (χ4n) is 8.47. The number of esters is 3. The molecule has 0 saturated heterocycles. The average Bonchev–Trinajstić information content (AvgIpc) is 3.31. The Labute approximate surface area is 410 Å². The number of hydrogen-bond acceptors (Lipinski definition) is 6. The lowest BCUT2D eigenvalue weighted by Crippen LogP contribution is -2.30. The van der Waals surface area contributed by atoms with E-state index in [1.165, 1.54) is 205 Å². The van der Waals surface area contributed by atoms with Crippen LogP contribution in [0.5, 0.6) is 0 Å².